The quantitative estimate of drug-likeness (QED) is 0.805. The number of aryl methyl sites for hydroxylation is 1. The average Bonchev–Trinajstić information content (AvgIpc) is 2.72. The Labute approximate surface area is 94.9 Å². The minimum atomic E-state index is -0.650. The fourth-order valence-electron chi connectivity index (χ4n) is 1.83. The lowest BCUT2D eigenvalue weighted by molar-refractivity contribution is -0.149. The number of hydrogen-bond donors (Lipinski definition) is 1. The Morgan fingerprint density at radius 3 is 2.53 bits per heavy atom. The molecular formula is C12H18O2S. The summed E-state index contributed by atoms with van der Waals surface area (Å²) in [5.74, 6) is -0.650. The van der Waals surface area contributed by atoms with Crippen molar-refractivity contribution in [3.05, 3.63) is 22.4 Å². The van der Waals surface area contributed by atoms with E-state index in [1.54, 1.807) is 11.3 Å². The topological polar surface area (TPSA) is 37.3 Å². The van der Waals surface area contributed by atoms with Gasteiger partial charge in [-0.25, -0.2) is 0 Å². The lowest BCUT2D eigenvalue weighted by atomic mass is 9.78. The third-order valence-electron chi connectivity index (χ3n) is 3.28. The van der Waals surface area contributed by atoms with Gasteiger partial charge in [-0.05, 0) is 48.1 Å². The van der Waals surface area contributed by atoms with E-state index in [9.17, 15) is 9.90 Å². The van der Waals surface area contributed by atoms with Crippen LogP contribution in [0.4, 0.5) is 0 Å². The summed E-state index contributed by atoms with van der Waals surface area (Å²) in [6, 6.07) is 2.07. The van der Waals surface area contributed by atoms with Gasteiger partial charge in [-0.15, -0.1) is 0 Å². The molecular weight excluding hydrogens is 208 g/mol. The highest BCUT2D eigenvalue weighted by molar-refractivity contribution is 7.07. The van der Waals surface area contributed by atoms with Crippen LogP contribution in [0.1, 0.15) is 38.7 Å². The molecule has 0 atom stereocenters. The predicted molar refractivity (Wildman–Crippen MR) is 63.3 cm³/mol. The Morgan fingerprint density at radius 1 is 1.47 bits per heavy atom. The van der Waals surface area contributed by atoms with E-state index < -0.39 is 11.4 Å². The Bertz CT molecular complexity index is 299. The maximum Gasteiger partial charge on any atom is 0.309 e. The highest BCUT2D eigenvalue weighted by Gasteiger charge is 2.34. The van der Waals surface area contributed by atoms with Crippen molar-refractivity contribution >= 4 is 17.3 Å². The summed E-state index contributed by atoms with van der Waals surface area (Å²) in [5, 5.41) is 13.4. The van der Waals surface area contributed by atoms with Crippen molar-refractivity contribution in [3.8, 4) is 0 Å². The van der Waals surface area contributed by atoms with Crippen LogP contribution >= 0.6 is 11.3 Å². The van der Waals surface area contributed by atoms with Gasteiger partial charge in [0, 0.05) is 0 Å². The molecule has 0 aromatic carbocycles. The van der Waals surface area contributed by atoms with Crippen LogP contribution in [0.2, 0.25) is 0 Å². The monoisotopic (exact) mass is 226 g/mol. The number of carboxylic acids is 1. The van der Waals surface area contributed by atoms with Gasteiger partial charge in [-0.2, -0.15) is 11.3 Å². The summed E-state index contributed by atoms with van der Waals surface area (Å²) < 4.78 is 0. The molecule has 1 rings (SSSR count). The highest BCUT2D eigenvalue weighted by atomic mass is 32.1. The van der Waals surface area contributed by atoms with Crippen molar-refractivity contribution in [3.63, 3.8) is 0 Å². The number of thiophene rings is 1. The number of aliphatic carboxylic acids is 1. The Balaban J connectivity index is 2.63. The van der Waals surface area contributed by atoms with Crippen LogP contribution in [0, 0.1) is 5.41 Å². The summed E-state index contributed by atoms with van der Waals surface area (Å²) in [6.07, 6.45) is 3.04. The molecule has 0 bridgehead atoms. The molecule has 0 aliphatic carbocycles. The van der Waals surface area contributed by atoms with E-state index in [4.69, 9.17) is 0 Å². The van der Waals surface area contributed by atoms with Gasteiger partial charge < -0.3 is 5.11 Å². The Hall–Kier alpha value is -0.830. The molecule has 1 aromatic rings. The molecule has 15 heavy (non-hydrogen) atoms. The number of rotatable bonds is 6. The first-order valence-corrected chi connectivity index (χ1v) is 6.33. The molecule has 0 saturated heterocycles. The van der Waals surface area contributed by atoms with Gasteiger partial charge in [0.1, 0.15) is 0 Å². The maximum atomic E-state index is 11.2. The van der Waals surface area contributed by atoms with Crippen LogP contribution in [-0.4, -0.2) is 11.1 Å². The normalized spacial score (nSPS) is 11.6. The molecule has 0 unspecified atom stereocenters. The second kappa shape index (κ2) is 5.31. The minimum Gasteiger partial charge on any atom is -0.481 e. The van der Waals surface area contributed by atoms with E-state index >= 15 is 0 Å². The predicted octanol–water partition coefficient (Wildman–Crippen LogP) is 3.57. The summed E-state index contributed by atoms with van der Waals surface area (Å²) in [4.78, 5) is 11.2. The fourth-order valence-corrected chi connectivity index (χ4v) is 2.53. The van der Waals surface area contributed by atoms with Crippen molar-refractivity contribution in [2.24, 2.45) is 5.41 Å². The molecule has 0 aliphatic rings. The largest absolute Gasteiger partial charge is 0.481 e. The SMILES string of the molecule is CCC(CC)(CCc1ccsc1)C(=O)O. The van der Waals surface area contributed by atoms with Crippen molar-refractivity contribution in [2.75, 3.05) is 0 Å². The van der Waals surface area contributed by atoms with Crippen LogP contribution < -0.4 is 0 Å². The maximum absolute atomic E-state index is 11.2. The minimum absolute atomic E-state index is 0.526. The van der Waals surface area contributed by atoms with Crippen LogP contribution in [0.3, 0.4) is 0 Å². The standard InChI is InChI=1S/C12H18O2S/c1-3-12(4-2,11(13)14)7-5-10-6-8-15-9-10/h6,8-9H,3-5,7H2,1-2H3,(H,13,14). The second-order valence-electron chi connectivity index (χ2n) is 3.92. The van der Waals surface area contributed by atoms with E-state index in [1.807, 2.05) is 19.2 Å². The smallest absolute Gasteiger partial charge is 0.309 e. The lowest BCUT2D eigenvalue weighted by Crippen LogP contribution is -2.30. The van der Waals surface area contributed by atoms with Crippen molar-refractivity contribution in [2.45, 2.75) is 39.5 Å². The lowest BCUT2D eigenvalue weighted by Gasteiger charge is -2.26. The molecule has 0 saturated carbocycles. The molecule has 0 aliphatic heterocycles. The first kappa shape index (κ1) is 12.2. The third-order valence-corrected chi connectivity index (χ3v) is 4.01. The molecule has 1 aromatic heterocycles. The molecule has 0 radical (unpaired) electrons. The third kappa shape index (κ3) is 2.81. The number of carboxylic acid groups (broad SMARTS) is 1. The zero-order chi connectivity index (χ0) is 11.3. The van der Waals surface area contributed by atoms with E-state index in [1.165, 1.54) is 5.56 Å². The van der Waals surface area contributed by atoms with Crippen LogP contribution in [-0.2, 0) is 11.2 Å². The highest BCUT2D eigenvalue weighted by Crippen LogP contribution is 2.32. The molecule has 1 heterocycles. The van der Waals surface area contributed by atoms with E-state index in [0.717, 1.165) is 12.8 Å². The van der Waals surface area contributed by atoms with Crippen molar-refractivity contribution in [1.29, 1.82) is 0 Å². The van der Waals surface area contributed by atoms with Gasteiger partial charge >= 0.3 is 5.97 Å². The Morgan fingerprint density at radius 2 is 2.13 bits per heavy atom. The fraction of sp³-hybridized carbons (Fsp3) is 0.583. The summed E-state index contributed by atoms with van der Waals surface area (Å²) in [5.41, 5.74) is 0.731. The summed E-state index contributed by atoms with van der Waals surface area (Å²) in [7, 11) is 0. The molecule has 0 amide bonds. The van der Waals surface area contributed by atoms with Gasteiger partial charge in [0.15, 0.2) is 0 Å². The van der Waals surface area contributed by atoms with Crippen LogP contribution in [0.5, 0.6) is 0 Å². The molecule has 84 valence electrons. The van der Waals surface area contributed by atoms with Crippen molar-refractivity contribution < 1.29 is 9.90 Å². The van der Waals surface area contributed by atoms with Gasteiger partial charge in [-0.3, -0.25) is 4.79 Å². The van der Waals surface area contributed by atoms with Gasteiger partial charge in [0.2, 0.25) is 0 Å². The van der Waals surface area contributed by atoms with Gasteiger partial charge in [0.25, 0.3) is 0 Å². The molecule has 3 heteroatoms. The number of carbonyl (C=O) groups is 1. The molecule has 0 fully saturated rings. The Kier molecular flexibility index (Phi) is 4.33. The second-order valence-corrected chi connectivity index (χ2v) is 4.70. The molecule has 1 N–H and O–H groups in total. The van der Waals surface area contributed by atoms with Gasteiger partial charge in [-0.1, -0.05) is 13.8 Å². The van der Waals surface area contributed by atoms with Gasteiger partial charge in [0.05, 0.1) is 5.41 Å². The molecule has 0 spiro atoms. The summed E-state index contributed by atoms with van der Waals surface area (Å²) in [6.45, 7) is 3.93. The number of hydrogen-bond acceptors (Lipinski definition) is 2. The zero-order valence-electron chi connectivity index (χ0n) is 9.32. The van der Waals surface area contributed by atoms with E-state index in [0.29, 0.717) is 12.8 Å². The summed E-state index contributed by atoms with van der Waals surface area (Å²) >= 11 is 1.67. The average molecular weight is 226 g/mol. The van der Waals surface area contributed by atoms with E-state index in [2.05, 4.69) is 11.4 Å². The van der Waals surface area contributed by atoms with E-state index in [-0.39, 0.29) is 0 Å². The first-order valence-electron chi connectivity index (χ1n) is 5.39. The van der Waals surface area contributed by atoms with Crippen molar-refractivity contribution in [1.82, 2.24) is 0 Å². The zero-order valence-corrected chi connectivity index (χ0v) is 10.1. The van der Waals surface area contributed by atoms with Crippen LogP contribution in [0.15, 0.2) is 16.8 Å². The molecule has 2 nitrogen and oxygen atoms in total. The van der Waals surface area contributed by atoms with Crippen LogP contribution in [0.25, 0.3) is 0 Å². The first-order chi connectivity index (χ1) is 7.14.